The molecular formula is C23H25FO. The van der Waals surface area contributed by atoms with Crippen molar-refractivity contribution in [1.29, 1.82) is 0 Å². The average molecular weight is 336 g/mol. The van der Waals surface area contributed by atoms with Crippen molar-refractivity contribution in [1.82, 2.24) is 0 Å². The molecule has 2 aromatic rings. The molecule has 0 aromatic heterocycles. The zero-order valence-corrected chi connectivity index (χ0v) is 14.8. The summed E-state index contributed by atoms with van der Waals surface area (Å²) >= 11 is 0. The van der Waals surface area contributed by atoms with E-state index in [1.54, 1.807) is 12.1 Å². The van der Waals surface area contributed by atoms with Crippen LogP contribution in [0.15, 0.2) is 48.5 Å². The lowest BCUT2D eigenvalue weighted by atomic mass is 9.82. The molecule has 0 radical (unpaired) electrons. The minimum absolute atomic E-state index is 0.232. The van der Waals surface area contributed by atoms with E-state index in [9.17, 15) is 4.39 Å². The lowest BCUT2D eigenvalue weighted by Crippen LogP contribution is -2.21. The molecule has 0 N–H and O–H groups in total. The maximum atomic E-state index is 12.9. The molecule has 130 valence electrons. The molecule has 1 saturated carbocycles. The second-order valence-electron chi connectivity index (χ2n) is 6.72. The van der Waals surface area contributed by atoms with E-state index in [2.05, 4.69) is 43.0 Å². The summed E-state index contributed by atoms with van der Waals surface area (Å²) in [4.78, 5) is 0. The molecule has 0 unspecified atom stereocenters. The van der Waals surface area contributed by atoms with Crippen LogP contribution in [0.3, 0.4) is 0 Å². The zero-order chi connectivity index (χ0) is 17.5. The molecule has 0 aliphatic heterocycles. The average Bonchev–Trinajstić information content (AvgIpc) is 2.67. The topological polar surface area (TPSA) is 9.23 Å². The van der Waals surface area contributed by atoms with E-state index in [1.165, 1.54) is 30.5 Å². The monoisotopic (exact) mass is 336 g/mol. The molecule has 25 heavy (non-hydrogen) atoms. The van der Waals surface area contributed by atoms with Gasteiger partial charge in [-0.15, -0.1) is 0 Å². The quantitative estimate of drug-likeness (QED) is 0.653. The molecule has 1 nitrogen and oxygen atoms in total. The molecule has 0 atom stereocenters. The van der Waals surface area contributed by atoms with Gasteiger partial charge in [0.15, 0.2) is 0 Å². The van der Waals surface area contributed by atoms with Gasteiger partial charge in [0.25, 0.3) is 0 Å². The van der Waals surface area contributed by atoms with Crippen LogP contribution in [-0.2, 0) is 4.74 Å². The first kappa shape index (κ1) is 17.7. The molecule has 0 heterocycles. The second-order valence-corrected chi connectivity index (χ2v) is 6.72. The van der Waals surface area contributed by atoms with Gasteiger partial charge in [-0.05, 0) is 80.0 Å². The molecule has 0 spiro atoms. The minimum Gasteiger partial charge on any atom is -0.378 e. The third-order valence-corrected chi connectivity index (χ3v) is 4.81. The van der Waals surface area contributed by atoms with Crippen molar-refractivity contribution in [3.05, 3.63) is 71.0 Å². The van der Waals surface area contributed by atoms with E-state index in [4.69, 9.17) is 4.74 Å². The van der Waals surface area contributed by atoms with Gasteiger partial charge in [-0.2, -0.15) is 0 Å². The second kappa shape index (κ2) is 8.83. The lowest BCUT2D eigenvalue weighted by Gasteiger charge is -2.28. The van der Waals surface area contributed by atoms with E-state index in [1.807, 2.05) is 0 Å². The van der Waals surface area contributed by atoms with Gasteiger partial charge in [-0.25, -0.2) is 4.39 Å². The highest BCUT2D eigenvalue weighted by Crippen LogP contribution is 2.34. The third-order valence-electron chi connectivity index (χ3n) is 4.81. The Morgan fingerprint density at radius 2 is 1.44 bits per heavy atom. The zero-order valence-electron chi connectivity index (χ0n) is 14.8. The van der Waals surface area contributed by atoms with E-state index < -0.39 is 0 Å². The predicted octanol–water partition coefficient (Wildman–Crippen LogP) is 5.68. The Morgan fingerprint density at radius 3 is 2.00 bits per heavy atom. The van der Waals surface area contributed by atoms with Crippen molar-refractivity contribution >= 4 is 0 Å². The highest BCUT2D eigenvalue weighted by Gasteiger charge is 2.22. The summed E-state index contributed by atoms with van der Waals surface area (Å²) in [6, 6.07) is 14.9. The minimum atomic E-state index is -0.232. The van der Waals surface area contributed by atoms with Crippen LogP contribution in [0.1, 0.15) is 61.6 Å². The van der Waals surface area contributed by atoms with Crippen molar-refractivity contribution in [2.45, 2.75) is 51.0 Å². The van der Waals surface area contributed by atoms with Gasteiger partial charge < -0.3 is 4.74 Å². The maximum absolute atomic E-state index is 12.9. The summed E-state index contributed by atoms with van der Waals surface area (Å²) in [5, 5.41) is 0. The molecule has 2 heteroatoms. The van der Waals surface area contributed by atoms with E-state index in [0.717, 1.165) is 37.0 Å². The first-order chi connectivity index (χ1) is 12.2. The third kappa shape index (κ3) is 5.18. The van der Waals surface area contributed by atoms with Crippen LogP contribution in [0.4, 0.5) is 4.39 Å². The maximum Gasteiger partial charge on any atom is 0.123 e. The van der Waals surface area contributed by atoms with Gasteiger partial charge in [0, 0.05) is 17.7 Å². The molecular weight excluding hydrogens is 311 g/mol. The molecule has 0 bridgehead atoms. The fourth-order valence-electron chi connectivity index (χ4n) is 3.36. The van der Waals surface area contributed by atoms with Crippen molar-refractivity contribution in [2.75, 3.05) is 6.61 Å². The number of hydrogen-bond acceptors (Lipinski definition) is 1. The number of hydrogen-bond donors (Lipinski definition) is 0. The number of benzene rings is 2. The standard InChI is InChI=1S/C23H25FO/c1-2-17-25-23-15-11-21(12-16-23)20-9-5-18(6-10-20)3-4-19-7-13-22(24)14-8-19/h5-10,13-14,21,23H,2,11-12,15-17H2,1H3. The molecule has 2 aromatic carbocycles. The molecule has 3 rings (SSSR count). The molecule has 1 aliphatic rings. The Kier molecular flexibility index (Phi) is 6.25. The van der Waals surface area contributed by atoms with Crippen LogP contribution >= 0.6 is 0 Å². The van der Waals surface area contributed by atoms with Gasteiger partial charge >= 0.3 is 0 Å². The number of rotatable bonds is 4. The SMILES string of the molecule is CCCOC1CCC(c2ccc(C#Cc3ccc(F)cc3)cc2)CC1. The fourth-order valence-corrected chi connectivity index (χ4v) is 3.36. The van der Waals surface area contributed by atoms with Crippen molar-refractivity contribution < 1.29 is 9.13 Å². The summed E-state index contributed by atoms with van der Waals surface area (Å²) in [6.45, 7) is 3.04. The summed E-state index contributed by atoms with van der Waals surface area (Å²) in [7, 11) is 0. The highest BCUT2D eigenvalue weighted by atomic mass is 19.1. The van der Waals surface area contributed by atoms with Crippen LogP contribution < -0.4 is 0 Å². The summed E-state index contributed by atoms with van der Waals surface area (Å²) in [5.74, 6) is 6.64. The summed E-state index contributed by atoms with van der Waals surface area (Å²) < 4.78 is 18.8. The summed E-state index contributed by atoms with van der Waals surface area (Å²) in [6.07, 6.45) is 6.29. The van der Waals surface area contributed by atoms with Crippen molar-refractivity contribution in [3.63, 3.8) is 0 Å². The summed E-state index contributed by atoms with van der Waals surface area (Å²) in [5.41, 5.74) is 3.23. The van der Waals surface area contributed by atoms with Crippen LogP contribution in [0, 0.1) is 17.7 Å². The van der Waals surface area contributed by atoms with Gasteiger partial charge in [0.1, 0.15) is 5.82 Å². The van der Waals surface area contributed by atoms with Gasteiger partial charge in [-0.3, -0.25) is 0 Å². The Morgan fingerprint density at radius 1 is 0.880 bits per heavy atom. The Balaban J connectivity index is 1.57. The van der Waals surface area contributed by atoms with E-state index in [-0.39, 0.29) is 5.82 Å². The number of ether oxygens (including phenoxy) is 1. The van der Waals surface area contributed by atoms with Crippen LogP contribution in [0.5, 0.6) is 0 Å². The molecule has 0 saturated heterocycles. The number of halogens is 1. The Bertz CT molecular complexity index is 713. The van der Waals surface area contributed by atoms with E-state index >= 15 is 0 Å². The lowest BCUT2D eigenvalue weighted by molar-refractivity contribution is 0.0251. The molecule has 1 fully saturated rings. The first-order valence-electron chi connectivity index (χ1n) is 9.23. The van der Waals surface area contributed by atoms with Crippen LogP contribution in [-0.4, -0.2) is 12.7 Å². The molecule has 0 amide bonds. The van der Waals surface area contributed by atoms with Crippen LogP contribution in [0.2, 0.25) is 0 Å². The van der Waals surface area contributed by atoms with E-state index in [0.29, 0.717) is 12.0 Å². The van der Waals surface area contributed by atoms with Crippen LogP contribution in [0.25, 0.3) is 0 Å². The molecule has 1 aliphatic carbocycles. The first-order valence-corrected chi connectivity index (χ1v) is 9.23. The normalized spacial score (nSPS) is 19.9. The van der Waals surface area contributed by atoms with Gasteiger partial charge in [-0.1, -0.05) is 30.9 Å². The Labute approximate surface area is 150 Å². The smallest absolute Gasteiger partial charge is 0.123 e. The van der Waals surface area contributed by atoms with Gasteiger partial charge in [0.2, 0.25) is 0 Å². The van der Waals surface area contributed by atoms with Crippen molar-refractivity contribution in [2.24, 2.45) is 0 Å². The largest absolute Gasteiger partial charge is 0.378 e. The van der Waals surface area contributed by atoms with Gasteiger partial charge in [0.05, 0.1) is 6.10 Å². The Hall–Kier alpha value is -2.11. The van der Waals surface area contributed by atoms with Crippen molar-refractivity contribution in [3.8, 4) is 11.8 Å². The predicted molar refractivity (Wildman–Crippen MR) is 100 cm³/mol. The fraction of sp³-hybridized carbons (Fsp3) is 0.391. The highest BCUT2D eigenvalue weighted by molar-refractivity contribution is 5.43.